The van der Waals surface area contributed by atoms with Gasteiger partial charge in [0.1, 0.15) is 11.5 Å². The van der Waals surface area contributed by atoms with Crippen molar-refractivity contribution in [1.82, 2.24) is 10.3 Å². The van der Waals surface area contributed by atoms with Crippen molar-refractivity contribution in [3.05, 3.63) is 58.7 Å². The molecule has 0 saturated heterocycles. The van der Waals surface area contributed by atoms with Gasteiger partial charge in [0.15, 0.2) is 5.96 Å². The molecule has 0 atom stereocenters. The van der Waals surface area contributed by atoms with Crippen molar-refractivity contribution < 1.29 is 4.74 Å². The van der Waals surface area contributed by atoms with E-state index in [2.05, 4.69) is 33.6 Å². The molecule has 0 fully saturated rings. The number of anilines is 1. The van der Waals surface area contributed by atoms with Gasteiger partial charge in [-0.05, 0) is 67.8 Å². The third kappa shape index (κ3) is 3.83. The largest absolute Gasteiger partial charge is 0.456 e. The Labute approximate surface area is 163 Å². The first-order chi connectivity index (χ1) is 13.1. The number of aromatic nitrogens is 1. The van der Waals surface area contributed by atoms with E-state index in [0.29, 0.717) is 5.02 Å². The molecule has 1 aromatic heterocycles. The average molecular weight is 381 g/mol. The summed E-state index contributed by atoms with van der Waals surface area (Å²) in [4.78, 5) is 8.84. The molecular weight excluding hydrogens is 360 g/mol. The predicted octanol–water partition coefficient (Wildman–Crippen LogP) is 5.06. The number of aliphatic imine (C=N–C) groups is 1. The second-order valence-corrected chi connectivity index (χ2v) is 7.08. The molecule has 0 aliphatic carbocycles. The normalized spacial score (nSPS) is 13.8. The van der Waals surface area contributed by atoms with Crippen molar-refractivity contribution in [2.24, 2.45) is 4.99 Å². The van der Waals surface area contributed by atoms with Crippen LogP contribution in [0.1, 0.15) is 17.5 Å². The first-order valence-corrected chi connectivity index (χ1v) is 9.37. The Hall–Kier alpha value is -2.79. The zero-order valence-electron chi connectivity index (χ0n) is 15.3. The van der Waals surface area contributed by atoms with Crippen LogP contribution in [0, 0.1) is 13.8 Å². The van der Waals surface area contributed by atoms with Crippen LogP contribution in [0.5, 0.6) is 11.5 Å². The van der Waals surface area contributed by atoms with Crippen LogP contribution in [-0.4, -0.2) is 24.0 Å². The van der Waals surface area contributed by atoms with Gasteiger partial charge in [-0.15, -0.1) is 0 Å². The summed E-state index contributed by atoms with van der Waals surface area (Å²) in [7, 11) is 0. The highest BCUT2D eigenvalue weighted by molar-refractivity contribution is 6.31. The Balaban J connectivity index is 1.63. The number of nitrogens with one attached hydrogen (secondary N) is 2. The van der Waals surface area contributed by atoms with Gasteiger partial charge in [0.2, 0.25) is 0 Å². The second kappa shape index (κ2) is 7.45. The van der Waals surface area contributed by atoms with Crippen LogP contribution in [0.15, 0.2) is 47.6 Å². The highest BCUT2D eigenvalue weighted by atomic mass is 35.5. The lowest BCUT2D eigenvalue weighted by Crippen LogP contribution is -2.35. The molecule has 27 heavy (non-hydrogen) atoms. The van der Waals surface area contributed by atoms with Crippen LogP contribution in [0.4, 0.5) is 5.69 Å². The minimum atomic E-state index is 0.661. The molecule has 2 aromatic carbocycles. The molecular formula is C21H21ClN4O. The Morgan fingerprint density at radius 2 is 1.96 bits per heavy atom. The highest BCUT2D eigenvalue weighted by Gasteiger charge is 2.11. The van der Waals surface area contributed by atoms with Crippen molar-refractivity contribution in [1.29, 1.82) is 0 Å². The zero-order valence-corrected chi connectivity index (χ0v) is 16.1. The zero-order chi connectivity index (χ0) is 18.8. The molecule has 1 aliphatic heterocycles. The van der Waals surface area contributed by atoms with Crippen molar-refractivity contribution in [2.75, 3.05) is 18.4 Å². The molecule has 4 rings (SSSR count). The number of ether oxygens (including phenoxy) is 1. The van der Waals surface area contributed by atoms with Crippen molar-refractivity contribution in [2.45, 2.75) is 20.3 Å². The molecule has 3 aromatic rings. The minimum absolute atomic E-state index is 0.661. The van der Waals surface area contributed by atoms with Crippen LogP contribution in [0.2, 0.25) is 5.02 Å². The number of hydrogen-bond donors (Lipinski definition) is 2. The molecule has 1 aliphatic rings. The van der Waals surface area contributed by atoms with Crippen LogP contribution in [0.3, 0.4) is 0 Å². The quantitative estimate of drug-likeness (QED) is 0.666. The SMILES string of the molecule is Cc1cc(Oc2ccnc3cc(Cl)ccc23)c(C)cc1NC1=NCCCN1. The van der Waals surface area contributed by atoms with E-state index in [1.807, 2.05) is 37.3 Å². The van der Waals surface area contributed by atoms with Gasteiger partial charge in [-0.2, -0.15) is 0 Å². The smallest absolute Gasteiger partial charge is 0.195 e. The lowest BCUT2D eigenvalue weighted by molar-refractivity contribution is 0.484. The number of hydrogen-bond acceptors (Lipinski definition) is 5. The monoisotopic (exact) mass is 380 g/mol. The molecule has 2 N–H and O–H groups in total. The van der Waals surface area contributed by atoms with Crippen LogP contribution in [-0.2, 0) is 0 Å². The lowest BCUT2D eigenvalue weighted by Gasteiger charge is -2.19. The van der Waals surface area contributed by atoms with Crippen molar-refractivity contribution >= 4 is 34.2 Å². The number of aryl methyl sites for hydroxylation is 2. The van der Waals surface area contributed by atoms with Gasteiger partial charge in [-0.3, -0.25) is 9.98 Å². The molecule has 0 bridgehead atoms. The van der Waals surface area contributed by atoms with Crippen molar-refractivity contribution in [3.8, 4) is 11.5 Å². The number of halogens is 1. The number of fused-ring (bicyclic) bond motifs is 1. The van der Waals surface area contributed by atoms with Gasteiger partial charge < -0.3 is 15.4 Å². The fourth-order valence-corrected chi connectivity index (χ4v) is 3.25. The van der Waals surface area contributed by atoms with E-state index in [1.54, 1.807) is 6.20 Å². The highest BCUT2D eigenvalue weighted by Crippen LogP contribution is 2.34. The first-order valence-electron chi connectivity index (χ1n) is 8.99. The van der Waals surface area contributed by atoms with E-state index in [0.717, 1.165) is 64.7 Å². The maximum Gasteiger partial charge on any atom is 0.195 e. The summed E-state index contributed by atoms with van der Waals surface area (Å²) in [5.74, 6) is 2.41. The third-order valence-corrected chi connectivity index (χ3v) is 4.79. The van der Waals surface area contributed by atoms with Gasteiger partial charge in [0.25, 0.3) is 0 Å². The summed E-state index contributed by atoms with van der Waals surface area (Å²) in [5.41, 5.74) is 3.97. The van der Waals surface area contributed by atoms with Crippen LogP contribution in [0.25, 0.3) is 10.9 Å². The topological polar surface area (TPSA) is 58.5 Å². The number of guanidine groups is 1. The maximum atomic E-state index is 6.23. The maximum absolute atomic E-state index is 6.23. The van der Waals surface area contributed by atoms with E-state index in [-0.39, 0.29) is 0 Å². The van der Waals surface area contributed by atoms with Gasteiger partial charge >= 0.3 is 0 Å². The molecule has 138 valence electrons. The van der Waals surface area contributed by atoms with Crippen LogP contribution >= 0.6 is 11.6 Å². The number of nitrogens with zero attached hydrogens (tertiary/aromatic N) is 2. The fraction of sp³-hybridized carbons (Fsp3) is 0.238. The summed E-state index contributed by atoms with van der Waals surface area (Å²) < 4.78 is 6.23. The summed E-state index contributed by atoms with van der Waals surface area (Å²) in [6.45, 7) is 5.90. The lowest BCUT2D eigenvalue weighted by atomic mass is 10.1. The molecule has 2 heterocycles. The third-order valence-electron chi connectivity index (χ3n) is 4.56. The average Bonchev–Trinajstić information content (AvgIpc) is 2.66. The Kier molecular flexibility index (Phi) is 4.86. The predicted molar refractivity (Wildman–Crippen MR) is 111 cm³/mol. The molecule has 6 heteroatoms. The molecule has 0 radical (unpaired) electrons. The van der Waals surface area contributed by atoms with Gasteiger partial charge in [-0.1, -0.05) is 11.6 Å². The number of pyridine rings is 1. The summed E-state index contributed by atoms with van der Waals surface area (Å²) in [6, 6.07) is 11.6. The first kappa shape index (κ1) is 17.6. The number of benzene rings is 2. The molecule has 0 unspecified atom stereocenters. The summed E-state index contributed by atoms with van der Waals surface area (Å²) in [6.07, 6.45) is 2.81. The van der Waals surface area contributed by atoms with E-state index in [1.165, 1.54) is 0 Å². The van der Waals surface area contributed by atoms with Gasteiger partial charge in [0.05, 0.1) is 5.52 Å². The fourth-order valence-electron chi connectivity index (χ4n) is 3.08. The molecule has 0 spiro atoms. The Morgan fingerprint density at radius 1 is 1.07 bits per heavy atom. The van der Waals surface area contributed by atoms with Crippen molar-refractivity contribution in [3.63, 3.8) is 0 Å². The van der Waals surface area contributed by atoms with E-state index >= 15 is 0 Å². The van der Waals surface area contributed by atoms with Crippen LogP contribution < -0.4 is 15.4 Å². The number of rotatable bonds is 3. The minimum Gasteiger partial charge on any atom is -0.456 e. The van der Waals surface area contributed by atoms with E-state index < -0.39 is 0 Å². The second-order valence-electron chi connectivity index (χ2n) is 6.64. The van der Waals surface area contributed by atoms with E-state index in [9.17, 15) is 0 Å². The van der Waals surface area contributed by atoms with Gasteiger partial charge in [-0.25, -0.2) is 0 Å². The standard InChI is InChI=1S/C21H21ClN4O/c1-13-11-20(14(2)10-17(13)26-21-24-7-3-8-25-21)27-19-6-9-23-18-12-15(22)4-5-16(18)19/h4-6,9-12H,3,7-8H2,1-2H3,(H2,24,25,26). The summed E-state index contributed by atoms with van der Waals surface area (Å²) >= 11 is 6.07. The van der Waals surface area contributed by atoms with Gasteiger partial charge in [0, 0.05) is 35.4 Å². The molecule has 5 nitrogen and oxygen atoms in total. The Bertz CT molecular complexity index is 1030. The molecule has 0 amide bonds. The molecule has 0 saturated carbocycles. The Morgan fingerprint density at radius 3 is 2.78 bits per heavy atom. The van der Waals surface area contributed by atoms with E-state index in [4.69, 9.17) is 16.3 Å². The summed E-state index contributed by atoms with van der Waals surface area (Å²) in [5, 5.41) is 8.25.